The molecule has 3 heterocycles. The third kappa shape index (κ3) is 3.77. The van der Waals surface area contributed by atoms with Crippen LogP contribution in [0.15, 0.2) is 42.7 Å². The number of morpholine rings is 1. The highest BCUT2D eigenvalue weighted by molar-refractivity contribution is 5.96. The highest BCUT2D eigenvalue weighted by atomic mass is 16.5. The number of carbonyl (C=O) groups is 1. The number of ether oxygens (including phenoxy) is 2. The average Bonchev–Trinajstić information content (AvgIpc) is 2.85. The molecule has 1 fully saturated rings. The molecule has 1 aromatic heterocycles. The number of aromatic nitrogens is 1. The Balaban J connectivity index is 1.60. The molecule has 2 aromatic rings. The van der Waals surface area contributed by atoms with Crippen LogP contribution in [-0.4, -0.2) is 61.8 Å². The highest BCUT2D eigenvalue weighted by Crippen LogP contribution is 2.30. The van der Waals surface area contributed by atoms with Gasteiger partial charge in [0.05, 0.1) is 19.8 Å². The second-order valence-corrected chi connectivity index (χ2v) is 6.58. The van der Waals surface area contributed by atoms with E-state index in [2.05, 4.69) is 28.1 Å². The van der Waals surface area contributed by atoms with E-state index in [-0.39, 0.29) is 12.5 Å². The number of carbonyl (C=O) groups excluding carboxylic acids is 1. The Labute approximate surface area is 153 Å². The molecule has 2 aliphatic rings. The second kappa shape index (κ2) is 7.95. The van der Waals surface area contributed by atoms with Crippen molar-refractivity contribution in [2.75, 3.05) is 50.9 Å². The minimum Gasteiger partial charge on any atom is -0.379 e. The van der Waals surface area contributed by atoms with Gasteiger partial charge in [0.2, 0.25) is 0 Å². The van der Waals surface area contributed by atoms with Gasteiger partial charge in [-0.15, -0.1) is 0 Å². The third-order valence-corrected chi connectivity index (χ3v) is 4.90. The number of fused-ring (bicyclic) bond motifs is 1. The van der Waals surface area contributed by atoms with E-state index in [4.69, 9.17) is 9.47 Å². The van der Waals surface area contributed by atoms with Crippen LogP contribution in [-0.2, 0) is 20.9 Å². The number of rotatable bonds is 4. The van der Waals surface area contributed by atoms with E-state index >= 15 is 0 Å². The molecule has 136 valence electrons. The number of benzene rings is 1. The van der Waals surface area contributed by atoms with Gasteiger partial charge in [0, 0.05) is 55.4 Å². The molecule has 1 amide bonds. The summed E-state index contributed by atoms with van der Waals surface area (Å²) in [6.07, 6.45) is 3.60. The number of hydrogen-bond donors (Lipinski definition) is 0. The van der Waals surface area contributed by atoms with Crippen molar-refractivity contribution in [1.82, 2.24) is 9.88 Å². The van der Waals surface area contributed by atoms with Crippen LogP contribution in [0.25, 0.3) is 11.1 Å². The first-order valence-electron chi connectivity index (χ1n) is 9.03. The number of hydrogen-bond acceptors (Lipinski definition) is 5. The smallest absolute Gasteiger partial charge is 0.253 e. The van der Waals surface area contributed by atoms with Crippen LogP contribution in [0.4, 0.5) is 5.69 Å². The van der Waals surface area contributed by atoms with Crippen LogP contribution >= 0.6 is 0 Å². The summed E-state index contributed by atoms with van der Waals surface area (Å²) in [6.45, 7) is 5.44. The third-order valence-electron chi connectivity index (χ3n) is 4.90. The van der Waals surface area contributed by atoms with Gasteiger partial charge in [0.1, 0.15) is 6.61 Å². The first-order chi connectivity index (χ1) is 12.8. The lowest BCUT2D eigenvalue weighted by molar-refractivity contribution is -0.123. The van der Waals surface area contributed by atoms with Crippen molar-refractivity contribution < 1.29 is 14.3 Å². The Bertz CT molecular complexity index is 760. The molecule has 0 N–H and O–H groups in total. The van der Waals surface area contributed by atoms with Crippen molar-refractivity contribution in [1.29, 1.82) is 0 Å². The fourth-order valence-electron chi connectivity index (χ4n) is 3.42. The van der Waals surface area contributed by atoms with Gasteiger partial charge in [0.15, 0.2) is 0 Å². The fourth-order valence-corrected chi connectivity index (χ4v) is 3.42. The Morgan fingerprint density at radius 2 is 1.88 bits per heavy atom. The molecule has 2 aliphatic heterocycles. The first-order valence-corrected chi connectivity index (χ1v) is 9.03. The van der Waals surface area contributed by atoms with Gasteiger partial charge in [0.25, 0.3) is 5.91 Å². The van der Waals surface area contributed by atoms with E-state index < -0.39 is 0 Å². The van der Waals surface area contributed by atoms with Crippen LogP contribution in [0.1, 0.15) is 5.56 Å². The van der Waals surface area contributed by atoms with Crippen LogP contribution in [0.3, 0.4) is 0 Å². The van der Waals surface area contributed by atoms with Crippen LogP contribution < -0.4 is 4.90 Å². The summed E-state index contributed by atoms with van der Waals surface area (Å²) >= 11 is 0. The molecule has 0 saturated carbocycles. The lowest BCUT2D eigenvalue weighted by Crippen LogP contribution is -2.43. The minimum atomic E-state index is 0.0142. The summed E-state index contributed by atoms with van der Waals surface area (Å²) in [5.41, 5.74) is 4.09. The van der Waals surface area contributed by atoms with Crippen LogP contribution in [0.2, 0.25) is 0 Å². The van der Waals surface area contributed by atoms with Crippen molar-refractivity contribution in [3.8, 4) is 11.1 Å². The van der Waals surface area contributed by atoms with Gasteiger partial charge in [-0.25, -0.2) is 0 Å². The average molecular weight is 353 g/mol. The molecule has 1 saturated heterocycles. The van der Waals surface area contributed by atoms with E-state index in [9.17, 15) is 4.79 Å². The Kier molecular flexibility index (Phi) is 5.24. The molecule has 0 aliphatic carbocycles. The maximum absolute atomic E-state index is 12.6. The van der Waals surface area contributed by atoms with Crippen molar-refractivity contribution >= 4 is 11.6 Å². The minimum absolute atomic E-state index is 0.0142. The number of pyridine rings is 1. The maximum Gasteiger partial charge on any atom is 0.253 e. The summed E-state index contributed by atoms with van der Waals surface area (Å²) in [5, 5.41) is 0. The number of amides is 1. The lowest BCUT2D eigenvalue weighted by atomic mass is 10.0. The zero-order valence-electron chi connectivity index (χ0n) is 14.8. The number of nitrogens with zero attached hydrogens (tertiary/aromatic N) is 3. The largest absolute Gasteiger partial charge is 0.379 e. The molecular weight excluding hydrogens is 330 g/mol. The predicted molar refractivity (Wildman–Crippen MR) is 98.9 cm³/mol. The Morgan fingerprint density at radius 3 is 2.69 bits per heavy atom. The maximum atomic E-state index is 12.6. The molecule has 26 heavy (non-hydrogen) atoms. The summed E-state index contributed by atoms with van der Waals surface area (Å²) in [5.74, 6) is 0.0142. The fraction of sp³-hybridized carbons (Fsp3) is 0.400. The molecule has 6 nitrogen and oxygen atoms in total. The molecule has 1 aromatic carbocycles. The van der Waals surface area contributed by atoms with Gasteiger partial charge < -0.3 is 14.4 Å². The predicted octanol–water partition coefficient (Wildman–Crippen LogP) is 1.94. The summed E-state index contributed by atoms with van der Waals surface area (Å²) in [4.78, 5) is 21.1. The van der Waals surface area contributed by atoms with E-state index in [1.54, 1.807) is 6.20 Å². The summed E-state index contributed by atoms with van der Waals surface area (Å²) in [7, 11) is 0. The van der Waals surface area contributed by atoms with Crippen molar-refractivity contribution in [2.45, 2.75) is 6.61 Å². The molecular formula is C20H23N3O3. The second-order valence-electron chi connectivity index (χ2n) is 6.58. The van der Waals surface area contributed by atoms with Gasteiger partial charge in [-0.2, -0.15) is 0 Å². The van der Waals surface area contributed by atoms with Crippen molar-refractivity contribution in [2.24, 2.45) is 0 Å². The highest BCUT2D eigenvalue weighted by Gasteiger charge is 2.24. The van der Waals surface area contributed by atoms with Gasteiger partial charge in [-0.1, -0.05) is 18.2 Å². The number of anilines is 1. The van der Waals surface area contributed by atoms with Gasteiger partial charge in [-0.3, -0.25) is 14.7 Å². The summed E-state index contributed by atoms with van der Waals surface area (Å²) in [6, 6.07) is 10.2. The standard InChI is InChI=1S/C20H23N3O3/c24-20-15-26-14-18-4-3-16(17-2-1-5-21-13-17)12-19(18)23(20)7-6-22-8-10-25-11-9-22/h1-5,12-13H,6-11,14-15H2. The molecule has 6 heteroatoms. The van der Waals surface area contributed by atoms with Crippen molar-refractivity contribution in [3.05, 3.63) is 48.3 Å². The molecule has 0 bridgehead atoms. The molecule has 0 spiro atoms. The normalized spacial score (nSPS) is 18.5. The Morgan fingerprint density at radius 1 is 1.00 bits per heavy atom. The quantitative estimate of drug-likeness (QED) is 0.841. The van der Waals surface area contributed by atoms with Crippen molar-refractivity contribution in [3.63, 3.8) is 0 Å². The van der Waals surface area contributed by atoms with E-state index in [0.29, 0.717) is 13.2 Å². The van der Waals surface area contributed by atoms with Gasteiger partial charge in [-0.05, 0) is 17.7 Å². The molecule has 0 radical (unpaired) electrons. The van der Waals surface area contributed by atoms with Gasteiger partial charge >= 0.3 is 0 Å². The first kappa shape index (κ1) is 17.1. The zero-order chi connectivity index (χ0) is 17.8. The SMILES string of the molecule is O=C1COCc2ccc(-c3cccnc3)cc2N1CCN1CCOCC1. The van der Waals surface area contributed by atoms with E-state index in [1.165, 1.54) is 0 Å². The Hall–Kier alpha value is -2.28. The lowest BCUT2D eigenvalue weighted by Gasteiger charge is -2.30. The topological polar surface area (TPSA) is 54.9 Å². The van der Waals surface area contributed by atoms with E-state index in [0.717, 1.165) is 55.2 Å². The van der Waals surface area contributed by atoms with E-state index in [1.807, 2.05) is 23.2 Å². The molecule has 4 rings (SSSR count). The zero-order valence-corrected chi connectivity index (χ0v) is 14.8. The monoisotopic (exact) mass is 353 g/mol. The molecule has 0 atom stereocenters. The molecule has 0 unspecified atom stereocenters. The summed E-state index contributed by atoms with van der Waals surface area (Å²) < 4.78 is 11.0. The van der Waals surface area contributed by atoms with Crippen LogP contribution in [0.5, 0.6) is 0 Å². The van der Waals surface area contributed by atoms with Crippen LogP contribution in [0, 0.1) is 0 Å².